The number of fused-ring (bicyclic) bond motifs is 1. The van der Waals surface area contributed by atoms with E-state index in [1.807, 2.05) is 6.07 Å². The first-order chi connectivity index (χ1) is 9.15. The van der Waals surface area contributed by atoms with Crippen LogP contribution in [0.3, 0.4) is 0 Å². The van der Waals surface area contributed by atoms with E-state index in [-0.39, 0.29) is 5.69 Å². The number of rotatable bonds is 2. The normalized spacial score (nSPS) is 16.1. The van der Waals surface area contributed by atoms with Crippen LogP contribution < -0.4 is 0 Å². The summed E-state index contributed by atoms with van der Waals surface area (Å²) < 4.78 is 11.7. The SMILES string of the molecule is O=[N+]([O-])c1cnc2c(C3OCCO3)cc(Br)cc2c1. The van der Waals surface area contributed by atoms with Gasteiger partial charge in [-0.25, -0.2) is 4.98 Å². The van der Waals surface area contributed by atoms with Gasteiger partial charge in [-0.3, -0.25) is 10.1 Å². The Morgan fingerprint density at radius 1 is 1.32 bits per heavy atom. The number of halogens is 1. The summed E-state index contributed by atoms with van der Waals surface area (Å²) in [5, 5.41) is 11.5. The van der Waals surface area contributed by atoms with Gasteiger partial charge in [0.15, 0.2) is 6.29 Å². The van der Waals surface area contributed by atoms with Crippen molar-refractivity contribution in [3.8, 4) is 0 Å². The average Bonchev–Trinajstić information content (AvgIpc) is 2.90. The molecule has 6 nitrogen and oxygen atoms in total. The second kappa shape index (κ2) is 4.84. The van der Waals surface area contributed by atoms with Crippen molar-refractivity contribution in [1.29, 1.82) is 0 Å². The van der Waals surface area contributed by atoms with E-state index in [4.69, 9.17) is 9.47 Å². The first-order valence-electron chi connectivity index (χ1n) is 5.62. The van der Waals surface area contributed by atoms with Crippen molar-refractivity contribution in [2.24, 2.45) is 0 Å². The van der Waals surface area contributed by atoms with Crippen LogP contribution in [-0.4, -0.2) is 23.1 Å². The van der Waals surface area contributed by atoms with Gasteiger partial charge in [0.05, 0.1) is 23.7 Å². The van der Waals surface area contributed by atoms with Crippen LogP contribution in [0, 0.1) is 10.1 Å². The highest BCUT2D eigenvalue weighted by atomic mass is 79.9. The van der Waals surface area contributed by atoms with Gasteiger partial charge in [-0.2, -0.15) is 0 Å². The fourth-order valence-corrected chi connectivity index (χ4v) is 2.54. The molecule has 19 heavy (non-hydrogen) atoms. The maximum absolute atomic E-state index is 10.8. The molecule has 3 rings (SSSR count). The summed E-state index contributed by atoms with van der Waals surface area (Å²) in [6.07, 6.45) is 0.781. The lowest BCUT2D eigenvalue weighted by Crippen LogP contribution is -2.01. The van der Waals surface area contributed by atoms with Gasteiger partial charge in [-0.15, -0.1) is 0 Å². The second-order valence-electron chi connectivity index (χ2n) is 4.09. The van der Waals surface area contributed by atoms with E-state index in [1.54, 1.807) is 6.07 Å². The van der Waals surface area contributed by atoms with Crippen LogP contribution in [0.4, 0.5) is 5.69 Å². The van der Waals surface area contributed by atoms with Gasteiger partial charge in [0.25, 0.3) is 5.69 Å². The monoisotopic (exact) mass is 324 g/mol. The Morgan fingerprint density at radius 2 is 2.05 bits per heavy atom. The molecule has 1 aliphatic rings. The number of pyridine rings is 1. The summed E-state index contributed by atoms with van der Waals surface area (Å²) in [5.41, 5.74) is 1.39. The zero-order valence-electron chi connectivity index (χ0n) is 9.71. The molecular weight excluding hydrogens is 316 g/mol. The van der Waals surface area contributed by atoms with Crippen molar-refractivity contribution in [2.45, 2.75) is 6.29 Å². The number of aromatic nitrogens is 1. The molecule has 0 bridgehead atoms. The van der Waals surface area contributed by atoms with Gasteiger partial charge in [-0.05, 0) is 12.1 Å². The van der Waals surface area contributed by atoms with E-state index >= 15 is 0 Å². The maximum Gasteiger partial charge on any atom is 0.288 e. The van der Waals surface area contributed by atoms with Crippen molar-refractivity contribution in [3.05, 3.63) is 44.5 Å². The Labute approximate surface area is 116 Å². The van der Waals surface area contributed by atoms with Gasteiger partial charge in [-0.1, -0.05) is 15.9 Å². The number of ether oxygens (including phenoxy) is 2. The van der Waals surface area contributed by atoms with Crippen LogP contribution in [0.1, 0.15) is 11.9 Å². The molecule has 0 unspecified atom stereocenters. The minimum Gasteiger partial charge on any atom is -0.346 e. The minimum absolute atomic E-state index is 0.0372. The first-order valence-corrected chi connectivity index (χ1v) is 6.41. The molecule has 2 heterocycles. The summed E-state index contributed by atoms with van der Waals surface area (Å²) in [6, 6.07) is 5.14. The van der Waals surface area contributed by atoms with E-state index < -0.39 is 11.2 Å². The number of hydrogen-bond acceptors (Lipinski definition) is 5. The van der Waals surface area contributed by atoms with Crippen LogP contribution in [0.5, 0.6) is 0 Å². The van der Waals surface area contributed by atoms with Crippen molar-refractivity contribution in [2.75, 3.05) is 13.2 Å². The zero-order valence-corrected chi connectivity index (χ0v) is 11.3. The molecule has 0 spiro atoms. The van der Waals surface area contributed by atoms with E-state index in [0.29, 0.717) is 24.1 Å². The molecule has 2 aromatic rings. The molecule has 7 heteroatoms. The summed E-state index contributed by atoms with van der Waals surface area (Å²) in [6.45, 7) is 1.07. The molecule has 0 atom stereocenters. The van der Waals surface area contributed by atoms with E-state index in [0.717, 1.165) is 10.0 Å². The molecule has 1 fully saturated rings. The molecule has 0 aliphatic carbocycles. The molecule has 0 N–H and O–H groups in total. The molecule has 1 saturated heterocycles. The minimum atomic E-state index is -0.464. The predicted octanol–water partition coefficient (Wildman–Crippen LogP) is 2.95. The molecule has 0 saturated carbocycles. The number of nitrogens with zero attached hydrogens (tertiary/aromatic N) is 2. The van der Waals surface area contributed by atoms with Gasteiger partial charge in [0, 0.05) is 21.5 Å². The van der Waals surface area contributed by atoms with Crippen molar-refractivity contribution in [3.63, 3.8) is 0 Å². The van der Waals surface area contributed by atoms with E-state index in [1.165, 1.54) is 12.3 Å². The fraction of sp³-hybridized carbons (Fsp3) is 0.250. The topological polar surface area (TPSA) is 74.5 Å². The standard InChI is InChI=1S/C12H9BrN2O4/c13-8-3-7-4-9(15(16)17)6-14-11(7)10(5-8)12-18-1-2-19-12/h3-6,12H,1-2H2. The lowest BCUT2D eigenvalue weighted by molar-refractivity contribution is -0.385. The first kappa shape index (κ1) is 12.5. The second-order valence-corrected chi connectivity index (χ2v) is 5.01. The van der Waals surface area contributed by atoms with Gasteiger partial charge >= 0.3 is 0 Å². The quantitative estimate of drug-likeness (QED) is 0.627. The molecule has 98 valence electrons. The van der Waals surface area contributed by atoms with Gasteiger partial charge in [0.2, 0.25) is 0 Å². The third kappa shape index (κ3) is 2.32. The largest absolute Gasteiger partial charge is 0.346 e. The van der Waals surface area contributed by atoms with E-state index in [9.17, 15) is 10.1 Å². The van der Waals surface area contributed by atoms with Crippen LogP contribution >= 0.6 is 15.9 Å². The van der Waals surface area contributed by atoms with Crippen LogP contribution in [-0.2, 0) is 9.47 Å². The van der Waals surface area contributed by atoms with Gasteiger partial charge < -0.3 is 9.47 Å². The van der Waals surface area contributed by atoms with Crippen LogP contribution in [0.2, 0.25) is 0 Å². The Hall–Kier alpha value is -1.57. The van der Waals surface area contributed by atoms with Crippen LogP contribution in [0.15, 0.2) is 28.9 Å². The molecule has 0 radical (unpaired) electrons. The summed E-state index contributed by atoms with van der Waals surface area (Å²) in [7, 11) is 0. The highest BCUT2D eigenvalue weighted by molar-refractivity contribution is 9.10. The average molecular weight is 325 g/mol. The lowest BCUT2D eigenvalue weighted by atomic mass is 10.1. The fourth-order valence-electron chi connectivity index (χ4n) is 2.05. The summed E-state index contributed by atoms with van der Waals surface area (Å²) >= 11 is 3.38. The number of benzene rings is 1. The van der Waals surface area contributed by atoms with Crippen molar-refractivity contribution < 1.29 is 14.4 Å². The number of nitro groups is 1. The van der Waals surface area contributed by atoms with E-state index in [2.05, 4.69) is 20.9 Å². The highest BCUT2D eigenvalue weighted by Crippen LogP contribution is 2.33. The molecule has 0 amide bonds. The molecule has 1 aromatic carbocycles. The van der Waals surface area contributed by atoms with Gasteiger partial charge in [0.1, 0.15) is 6.20 Å². The Morgan fingerprint density at radius 3 is 2.74 bits per heavy atom. The third-order valence-corrected chi connectivity index (χ3v) is 3.31. The molecule has 1 aromatic heterocycles. The summed E-state index contributed by atoms with van der Waals surface area (Å²) in [4.78, 5) is 14.5. The Balaban J connectivity index is 2.19. The van der Waals surface area contributed by atoms with Crippen molar-refractivity contribution in [1.82, 2.24) is 4.98 Å². The lowest BCUT2D eigenvalue weighted by Gasteiger charge is -2.12. The molecule has 1 aliphatic heterocycles. The molecular formula is C12H9BrN2O4. The van der Waals surface area contributed by atoms with Crippen molar-refractivity contribution >= 4 is 32.5 Å². The zero-order chi connectivity index (χ0) is 13.4. The Kier molecular flexibility index (Phi) is 3.17. The van der Waals surface area contributed by atoms with Crippen LogP contribution in [0.25, 0.3) is 10.9 Å². The smallest absolute Gasteiger partial charge is 0.288 e. The third-order valence-electron chi connectivity index (χ3n) is 2.85. The maximum atomic E-state index is 10.8. The predicted molar refractivity (Wildman–Crippen MR) is 70.7 cm³/mol. The number of hydrogen-bond donors (Lipinski definition) is 0. The summed E-state index contributed by atoms with van der Waals surface area (Å²) in [5.74, 6) is 0. The Bertz CT molecular complexity index is 655. The highest BCUT2D eigenvalue weighted by Gasteiger charge is 2.22.